The Morgan fingerprint density at radius 1 is 1.26 bits per heavy atom. The first-order chi connectivity index (χ1) is 16.9. The van der Waals surface area contributed by atoms with Gasteiger partial charge in [-0.3, -0.25) is 14.1 Å². The van der Waals surface area contributed by atoms with Gasteiger partial charge in [0.15, 0.2) is 0 Å². The van der Waals surface area contributed by atoms with Crippen molar-refractivity contribution in [1.82, 2.24) is 24.0 Å². The fraction of sp³-hybridized carbons (Fsp3) is 0.423. The lowest BCUT2D eigenvalue weighted by atomic mass is 10.0. The zero-order chi connectivity index (χ0) is 24.5. The van der Waals surface area contributed by atoms with Crippen molar-refractivity contribution >= 4 is 21.9 Å². The van der Waals surface area contributed by atoms with E-state index in [-0.39, 0.29) is 17.6 Å². The number of ether oxygens (including phenoxy) is 2. The fourth-order valence-corrected chi connectivity index (χ4v) is 4.73. The SMILES string of the molecule is CN(C)CCCOc1ccc(-c2ccc3ncc4c(c3c2)n(C2CCCOC2)c(=O)n4C)c(F)n1. The molecule has 0 amide bonds. The van der Waals surface area contributed by atoms with Gasteiger partial charge in [-0.2, -0.15) is 9.37 Å². The standard InChI is InChI=1S/C26H30FN5O3/c1-30(2)11-5-13-35-23-10-8-19(25(27)29-23)17-7-9-21-20(14-17)24-22(15-28-21)31(3)26(33)32(24)18-6-4-12-34-16-18/h7-10,14-15,18H,4-6,11-13,16H2,1-3H3. The Hall–Kier alpha value is -3.30. The van der Waals surface area contributed by atoms with E-state index >= 15 is 4.39 Å². The number of aryl methyl sites for hydroxylation is 1. The molecule has 1 aromatic carbocycles. The van der Waals surface area contributed by atoms with Crippen molar-refractivity contribution < 1.29 is 13.9 Å². The van der Waals surface area contributed by atoms with Crippen LogP contribution in [0.3, 0.4) is 0 Å². The van der Waals surface area contributed by atoms with Crippen molar-refractivity contribution in [1.29, 1.82) is 0 Å². The van der Waals surface area contributed by atoms with Gasteiger partial charge in [0, 0.05) is 37.2 Å². The van der Waals surface area contributed by atoms with E-state index in [0.717, 1.165) is 47.7 Å². The third-order valence-electron chi connectivity index (χ3n) is 6.55. The van der Waals surface area contributed by atoms with Gasteiger partial charge in [-0.25, -0.2) is 4.79 Å². The molecule has 184 valence electrons. The van der Waals surface area contributed by atoms with E-state index in [1.54, 1.807) is 29.9 Å². The van der Waals surface area contributed by atoms with Crippen LogP contribution < -0.4 is 10.4 Å². The second-order valence-corrected chi connectivity index (χ2v) is 9.30. The summed E-state index contributed by atoms with van der Waals surface area (Å²) in [7, 11) is 5.75. The maximum atomic E-state index is 15.0. The van der Waals surface area contributed by atoms with E-state index in [1.807, 2.05) is 36.9 Å². The van der Waals surface area contributed by atoms with Gasteiger partial charge in [0.25, 0.3) is 0 Å². The van der Waals surface area contributed by atoms with Crippen LogP contribution in [0.4, 0.5) is 4.39 Å². The molecule has 1 aliphatic heterocycles. The number of fused-ring (bicyclic) bond motifs is 3. The van der Waals surface area contributed by atoms with Crippen LogP contribution in [-0.4, -0.2) is 64.5 Å². The first-order valence-electron chi connectivity index (χ1n) is 12.0. The lowest BCUT2D eigenvalue weighted by Crippen LogP contribution is -2.31. The number of imidazole rings is 1. The highest BCUT2D eigenvalue weighted by molar-refractivity contribution is 6.04. The first kappa shape index (κ1) is 23.4. The number of nitrogens with zero attached hydrogens (tertiary/aromatic N) is 5. The lowest BCUT2D eigenvalue weighted by molar-refractivity contribution is 0.0593. The van der Waals surface area contributed by atoms with Gasteiger partial charge in [-0.05, 0) is 57.1 Å². The minimum absolute atomic E-state index is 0.0449. The highest BCUT2D eigenvalue weighted by Gasteiger charge is 2.24. The summed E-state index contributed by atoms with van der Waals surface area (Å²) in [5.41, 5.74) is 3.22. The van der Waals surface area contributed by atoms with Crippen LogP contribution in [0.25, 0.3) is 33.1 Å². The number of hydrogen-bond acceptors (Lipinski definition) is 6. The summed E-state index contributed by atoms with van der Waals surface area (Å²) >= 11 is 0. The summed E-state index contributed by atoms with van der Waals surface area (Å²) in [6.45, 7) is 2.57. The Morgan fingerprint density at radius 2 is 2.11 bits per heavy atom. The van der Waals surface area contributed by atoms with Crippen molar-refractivity contribution in [2.24, 2.45) is 7.05 Å². The van der Waals surface area contributed by atoms with Crippen molar-refractivity contribution in [3.05, 3.63) is 53.0 Å². The van der Waals surface area contributed by atoms with Crippen LogP contribution in [0, 0.1) is 5.95 Å². The van der Waals surface area contributed by atoms with Crippen molar-refractivity contribution in [2.45, 2.75) is 25.3 Å². The molecule has 5 rings (SSSR count). The minimum atomic E-state index is -0.597. The van der Waals surface area contributed by atoms with Crippen LogP contribution in [0.15, 0.2) is 41.3 Å². The Bertz CT molecular complexity index is 1420. The third kappa shape index (κ3) is 4.53. The second kappa shape index (κ2) is 9.75. The molecule has 1 saturated heterocycles. The molecule has 3 aromatic heterocycles. The average Bonchev–Trinajstić information content (AvgIpc) is 3.12. The summed E-state index contributed by atoms with van der Waals surface area (Å²) in [5, 5.41) is 0.798. The predicted molar refractivity (Wildman–Crippen MR) is 133 cm³/mol. The molecule has 35 heavy (non-hydrogen) atoms. The van der Waals surface area contributed by atoms with Gasteiger partial charge in [-0.1, -0.05) is 6.07 Å². The first-order valence-corrected chi connectivity index (χ1v) is 12.0. The molecule has 0 saturated carbocycles. The van der Waals surface area contributed by atoms with E-state index in [1.165, 1.54) is 0 Å². The molecule has 4 aromatic rings. The fourth-order valence-electron chi connectivity index (χ4n) is 4.73. The number of aromatic nitrogens is 4. The third-order valence-corrected chi connectivity index (χ3v) is 6.55. The van der Waals surface area contributed by atoms with Gasteiger partial charge in [0.2, 0.25) is 11.8 Å². The van der Waals surface area contributed by atoms with Crippen molar-refractivity contribution in [3.8, 4) is 17.0 Å². The van der Waals surface area contributed by atoms with Gasteiger partial charge in [0.1, 0.15) is 0 Å². The number of pyridine rings is 2. The topological polar surface area (TPSA) is 74.4 Å². The van der Waals surface area contributed by atoms with Gasteiger partial charge in [0.05, 0.1) is 42.0 Å². The number of benzene rings is 1. The highest BCUT2D eigenvalue weighted by Crippen LogP contribution is 2.32. The predicted octanol–water partition coefficient (Wildman–Crippen LogP) is 3.77. The minimum Gasteiger partial charge on any atom is -0.478 e. The number of rotatable bonds is 7. The molecule has 8 nitrogen and oxygen atoms in total. The lowest BCUT2D eigenvalue weighted by Gasteiger charge is -2.23. The molecule has 0 aliphatic carbocycles. The molecule has 0 spiro atoms. The van der Waals surface area contributed by atoms with Gasteiger partial charge < -0.3 is 14.4 Å². The van der Waals surface area contributed by atoms with Gasteiger partial charge >= 0.3 is 5.69 Å². The Morgan fingerprint density at radius 3 is 2.86 bits per heavy atom. The summed E-state index contributed by atoms with van der Waals surface area (Å²) in [5.74, 6) is -0.329. The molecule has 9 heteroatoms. The molecule has 1 aliphatic rings. The zero-order valence-electron chi connectivity index (χ0n) is 20.3. The monoisotopic (exact) mass is 479 g/mol. The van der Waals surface area contributed by atoms with E-state index in [4.69, 9.17) is 9.47 Å². The average molecular weight is 480 g/mol. The van der Waals surface area contributed by atoms with E-state index in [0.29, 0.717) is 30.9 Å². The second-order valence-electron chi connectivity index (χ2n) is 9.30. The Labute approximate surface area is 202 Å². The Kier molecular flexibility index (Phi) is 6.53. The number of hydrogen-bond donors (Lipinski definition) is 0. The molecule has 0 N–H and O–H groups in total. The van der Waals surface area contributed by atoms with Crippen LogP contribution >= 0.6 is 0 Å². The van der Waals surface area contributed by atoms with Crippen LogP contribution in [0.1, 0.15) is 25.3 Å². The Balaban J connectivity index is 1.54. The maximum absolute atomic E-state index is 15.0. The maximum Gasteiger partial charge on any atom is 0.329 e. The van der Waals surface area contributed by atoms with E-state index < -0.39 is 5.95 Å². The van der Waals surface area contributed by atoms with Crippen LogP contribution in [-0.2, 0) is 11.8 Å². The van der Waals surface area contributed by atoms with Crippen LogP contribution in [0.5, 0.6) is 5.88 Å². The smallest absolute Gasteiger partial charge is 0.329 e. The molecular formula is C26H30FN5O3. The quantitative estimate of drug-likeness (QED) is 0.297. The van der Waals surface area contributed by atoms with E-state index in [9.17, 15) is 4.79 Å². The molecule has 1 unspecified atom stereocenters. The van der Waals surface area contributed by atoms with Crippen LogP contribution in [0.2, 0.25) is 0 Å². The summed E-state index contributed by atoms with van der Waals surface area (Å²) < 4.78 is 29.8. The normalized spacial score (nSPS) is 16.4. The summed E-state index contributed by atoms with van der Waals surface area (Å²) in [6, 6.07) is 8.90. The molecule has 1 fully saturated rings. The van der Waals surface area contributed by atoms with Crippen molar-refractivity contribution in [3.63, 3.8) is 0 Å². The van der Waals surface area contributed by atoms with Crippen molar-refractivity contribution in [2.75, 3.05) is 40.5 Å². The zero-order valence-corrected chi connectivity index (χ0v) is 20.3. The molecular weight excluding hydrogens is 449 g/mol. The summed E-state index contributed by atoms with van der Waals surface area (Å²) in [6.07, 6.45) is 4.33. The van der Waals surface area contributed by atoms with Gasteiger partial charge in [-0.15, -0.1) is 0 Å². The van der Waals surface area contributed by atoms with E-state index in [2.05, 4.69) is 14.9 Å². The molecule has 4 heterocycles. The highest BCUT2D eigenvalue weighted by atomic mass is 19.1. The number of halogens is 1. The summed E-state index contributed by atoms with van der Waals surface area (Å²) in [4.78, 5) is 23.8. The molecule has 1 atom stereocenters. The molecule has 0 bridgehead atoms. The largest absolute Gasteiger partial charge is 0.478 e. The molecule has 0 radical (unpaired) electrons.